The first kappa shape index (κ1) is 16.7. The van der Waals surface area contributed by atoms with Crippen molar-refractivity contribution in [1.29, 1.82) is 0 Å². The predicted octanol–water partition coefficient (Wildman–Crippen LogP) is 2.80. The van der Waals surface area contributed by atoms with Gasteiger partial charge in [0.1, 0.15) is 5.54 Å². The van der Waals surface area contributed by atoms with Gasteiger partial charge in [0.2, 0.25) is 0 Å². The minimum atomic E-state index is -1.35. The molecule has 0 saturated carbocycles. The second-order valence-corrected chi connectivity index (χ2v) is 4.48. The topological polar surface area (TPSA) is 102 Å². The molecule has 0 spiro atoms. The van der Waals surface area contributed by atoms with Crippen molar-refractivity contribution in [3.05, 3.63) is 28.1 Å². The third-order valence-electron chi connectivity index (χ3n) is 3.46. The molecule has 8 heteroatoms. The number of nitrogens with one attached hydrogen (secondary N) is 1. The Kier molecular flexibility index (Phi) is 5.07. The van der Waals surface area contributed by atoms with E-state index in [0.29, 0.717) is 6.07 Å². The van der Waals surface area contributed by atoms with Gasteiger partial charge in [-0.15, -0.1) is 0 Å². The quantitative estimate of drug-likeness (QED) is 0.593. The van der Waals surface area contributed by atoms with Crippen LogP contribution in [0.15, 0.2) is 12.1 Å². The summed E-state index contributed by atoms with van der Waals surface area (Å²) < 4.78 is 18.8. The number of methoxy groups -OCH3 is 1. The van der Waals surface area contributed by atoms with E-state index in [1.807, 2.05) is 0 Å². The number of nitrogens with zero attached hydrogens (tertiary/aromatic N) is 1. The Morgan fingerprint density at radius 3 is 2.43 bits per heavy atom. The van der Waals surface area contributed by atoms with Crippen molar-refractivity contribution in [2.45, 2.75) is 32.2 Å². The summed E-state index contributed by atoms with van der Waals surface area (Å²) in [4.78, 5) is 21.4. The molecule has 0 saturated heterocycles. The van der Waals surface area contributed by atoms with E-state index < -0.39 is 27.9 Å². The zero-order chi connectivity index (χ0) is 16.2. The third kappa shape index (κ3) is 3.21. The molecule has 0 heterocycles. The number of nitro groups is 1. The van der Waals surface area contributed by atoms with Crippen LogP contribution in [0.5, 0.6) is 5.75 Å². The van der Waals surface area contributed by atoms with Gasteiger partial charge in [0.05, 0.1) is 23.8 Å². The first-order chi connectivity index (χ1) is 9.81. The summed E-state index contributed by atoms with van der Waals surface area (Å²) in [6, 6.07) is 1.80. The molecule has 0 unspecified atom stereocenters. The minimum Gasteiger partial charge on any atom is -0.490 e. The largest absolute Gasteiger partial charge is 0.490 e. The summed E-state index contributed by atoms with van der Waals surface area (Å²) in [6.07, 6.45) is 0.440. The third-order valence-corrected chi connectivity index (χ3v) is 3.46. The van der Waals surface area contributed by atoms with Crippen LogP contribution in [0.25, 0.3) is 0 Å². The van der Waals surface area contributed by atoms with Gasteiger partial charge in [0, 0.05) is 6.07 Å². The number of carboxylic acid groups (broad SMARTS) is 1. The molecule has 0 bridgehead atoms. The van der Waals surface area contributed by atoms with E-state index in [1.54, 1.807) is 13.8 Å². The summed E-state index contributed by atoms with van der Waals surface area (Å²) in [5, 5.41) is 22.7. The van der Waals surface area contributed by atoms with Crippen molar-refractivity contribution < 1.29 is 24.0 Å². The van der Waals surface area contributed by atoms with Crippen LogP contribution >= 0.6 is 0 Å². The molecule has 116 valence electrons. The van der Waals surface area contributed by atoms with Gasteiger partial charge >= 0.3 is 11.7 Å². The number of benzene rings is 1. The number of halogens is 1. The second-order valence-electron chi connectivity index (χ2n) is 4.48. The smallest absolute Gasteiger partial charge is 0.329 e. The van der Waals surface area contributed by atoms with Gasteiger partial charge in [-0.25, -0.2) is 9.18 Å². The highest BCUT2D eigenvalue weighted by molar-refractivity contribution is 5.83. The van der Waals surface area contributed by atoms with Gasteiger partial charge in [-0.3, -0.25) is 10.1 Å². The lowest BCUT2D eigenvalue weighted by Gasteiger charge is -2.29. The predicted molar refractivity (Wildman–Crippen MR) is 74.2 cm³/mol. The van der Waals surface area contributed by atoms with E-state index in [4.69, 9.17) is 4.74 Å². The molecule has 0 aromatic heterocycles. The molecule has 0 radical (unpaired) electrons. The number of aliphatic carboxylic acids is 1. The van der Waals surface area contributed by atoms with Crippen molar-refractivity contribution in [2.24, 2.45) is 0 Å². The van der Waals surface area contributed by atoms with Crippen molar-refractivity contribution in [2.75, 3.05) is 12.4 Å². The fourth-order valence-corrected chi connectivity index (χ4v) is 1.99. The lowest BCUT2D eigenvalue weighted by atomic mass is 9.92. The van der Waals surface area contributed by atoms with Crippen molar-refractivity contribution in [3.8, 4) is 5.75 Å². The fourth-order valence-electron chi connectivity index (χ4n) is 1.99. The minimum absolute atomic E-state index is 0.143. The van der Waals surface area contributed by atoms with Crippen molar-refractivity contribution in [3.63, 3.8) is 0 Å². The maximum Gasteiger partial charge on any atom is 0.329 e. The van der Waals surface area contributed by atoms with E-state index in [9.17, 15) is 24.4 Å². The number of nitro benzene ring substituents is 1. The molecule has 0 amide bonds. The van der Waals surface area contributed by atoms with Crippen LogP contribution in [-0.2, 0) is 4.79 Å². The van der Waals surface area contributed by atoms with Crippen molar-refractivity contribution >= 4 is 17.3 Å². The average Bonchev–Trinajstić information content (AvgIpc) is 2.45. The summed E-state index contributed by atoms with van der Waals surface area (Å²) in [7, 11) is 1.22. The fraction of sp³-hybridized carbons (Fsp3) is 0.462. The van der Waals surface area contributed by atoms with E-state index in [0.717, 1.165) is 6.07 Å². The van der Waals surface area contributed by atoms with Crippen LogP contribution in [-0.4, -0.2) is 28.6 Å². The average molecular weight is 300 g/mol. The Morgan fingerprint density at radius 1 is 1.48 bits per heavy atom. The molecule has 0 aliphatic rings. The molecule has 1 aromatic rings. The SMILES string of the molecule is CCC(CC)(Nc1cc(OC)c([N+](=O)[O-])cc1F)C(=O)O. The van der Waals surface area contributed by atoms with Crippen molar-refractivity contribution in [1.82, 2.24) is 0 Å². The maximum atomic E-state index is 14.0. The van der Waals surface area contributed by atoms with Gasteiger partial charge in [-0.2, -0.15) is 0 Å². The molecule has 1 aromatic carbocycles. The highest BCUT2D eigenvalue weighted by atomic mass is 19.1. The molecule has 21 heavy (non-hydrogen) atoms. The zero-order valence-corrected chi connectivity index (χ0v) is 12.0. The molecule has 0 aliphatic heterocycles. The van der Waals surface area contributed by atoms with E-state index in [2.05, 4.69) is 5.32 Å². The Labute approximate surface area is 120 Å². The summed E-state index contributed by atoms with van der Waals surface area (Å²) in [5.74, 6) is -2.17. The maximum absolute atomic E-state index is 14.0. The molecule has 0 aliphatic carbocycles. The lowest BCUT2D eigenvalue weighted by molar-refractivity contribution is -0.385. The Bertz CT molecular complexity index is 558. The lowest BCUT2D eigenvalue weighted by Crippen LogP contribution is -2.45. The second kappa shape index (κ2) is 6.38. The van der Waals surface area contributed by atoms with Gasteiger partial charge in [-0.1, -0.05) is 13.8 Å². The van der Waals surface area contributed by atoms with E-state index in [1.165, 1.54) is 7.11 Å². The normalized spacial score (nSPS) is 11.0. The van der Waals surface area contributed by atoms with Crippen LogP contribution < -0.4 is 10.1 Å². The molecular formula is C13H17FN2O5. The van der Waals surface area contributed by atoms with E-state index in [-0.39, 0.29) is 24.3 Å². The first-order valence-corrected chi connectivity index (χ1v) is 6.34. The molecule has 7 nitrogen and oxygen atoms in total. The molecule has 0 fully saturated rings. The van der Waals surface area contributed by atoms with Gasteiger partial charge in [0.15, 0.2) is 11.6 Å². The first-order valence-electron chi connectivity index (χ1n) is 6.34. The van der Waals surface area contributed by atoms with Gasteiger partial charge < -0.3 is 15.2 Å². The Balaban J connectivity index is 3.31. The van der Waals surface area contributed by atoms with Crippen LogP contribution in [0.2, 0.25) is 0 Å². The number of carbonyl (C=O) groups is 1. The Morgan fingerprint density at radius 2 is 2.05 bits per heavy atom. The molecule has 0 atom stereocenters. The van der Waals surface area contributed by atoms with Gasteiger partial charge in [0.25, 0.3) is 0 Å². The summed E-state index contributed by atoms with van der Waals surface area (Å²) >= 11 is 0. The number of ether oxygens (including phenoxy) is 1. The van der Waals surface area contributed by atoms with Crippen LogP contribution in [0.3, 0.4) is 0 Å². The number of hydrogen-bond acceptors (Lipinski definition) is 5. The summed E-state index contributed by atoms with van der Waals surface area (Å²) in [5.41, 5.74) is -2.01. The molecule has 1 rings (SSSR count). The van der Waals surface area contributed by atoms with Gasteiger partial charge in [-0.05, 0) is 12.8 Å². The highest BCUT2D eigenvalue weighted by Crippen LogP contribution is 2.34. The number of anilines is 1. The number of carboxylic acids is 1. The zero-order valence-electron chi connectivity index (χ0n) is 12.0. The van der Waals surface area contributed by atoms with E-state index >= 15 is 0 Å². The van der Waals surface area contributed by atoms with Crippen LogP contribution in [0.4, 0.5) is 15.8 Å². The highest BCUT2D eigenvalue weighted by Gasteiger charge is 2.36. The summed E-state index contributed by atoms with van der Waals surface area (Å²) in [6.45, 7) is 3.32. The van der Waals surface area contributed by atoms with Crippen LogP contribution in [0.1, 0.15) is 26.7 Å². The monoisotopic (exact) mass is 300 g/mol. The standard InChI is InChI=1S/C13H17FN2O5/c1-4-13(5-2,12(17)18)15-9-7-11(21-3)10(16(19)20)6-8(9)14/h6-7,15H,4-5H2,1-3H3,(H,17,18). The molecule has 2 N–H and O–H groups in total. The van der Waals surface area contributed by atoms with Crippen LogP contribution in [0, 0.1) is 15.9 Å². The Hall–Kier alpha value is -2.38. The molecular weight excluding hydrogens is 283 g/mol. The number of rotatable bonds is 7. The number of hydrogen-bond donors (Lipinski definition) is 2.